The molecule has 0 saturated carbocycles. The number of rotatable bonds is 3. The van der Waals surface area contributed by atoms with E-state index < -0.39 is 0 Å². The molecule has 1 aliphatic rings. The maximum absolute atomic E-state index is 5.18. The van der Waals surface area contributed by atoms with Gasteiger partial charge in [-0.3, -0.25) is 0 Å². The van der Waals surface area contributed by atoms with E-state index in [1.54, 1.807) is 7.11 Å². The van der Waals surface area contributed by atoms with Crippen LogP contribution in [0.1, 0.15) is 27.2 Å². The molecule has 0 N–H and O–H groups in total. The average molecular weight is 185 g/mol. The van der Waals surface area contributed by atoms with Gasteiger partial charge in [0.05, 0.1) is 6.61 Å². The normalized spacial score (nSPS) is 25.4. The number of methoxy groups -OCH3 is 1. The third kappa shape index (κ3) is 4.10. The smallest absolute Gasteiger partial charge is 0.0503 e. The molecule has 1 heterocycles. The van der Waals surface area contributed by atoms with Crippen molar-refractivity contribution in [3.63, 3.8) is 0 Å². The molecule has 1 atom stereocenters. The predicted octanol–water partition coefficient (Wildman–Crippen LogP) is 2.00. The van der Waals surface area contributed by atoms with E-state index in [1.807, 2.05) is 0 Å². The molecule has 0 aromatic carbocycles. The molecule has 0 aromatic rings. The van der Waals surface area contributed by atoms with Crippen LogP contribution in [-0.2, 0) is 4.74 Å². The highest BCUT2D eigenvalue weighted by Crippen LogP contribution is 2.22. The second-order valence-electron chi connectivity index (χ2n) is 5.41. The second-order valence-corrected chi connectivity index (χ2v) is 5.41. The monoisotopic (exact) mass is 185 g/mol. The van der Waals surface area contributed by atoms with Crippen LogP contribution in [0.2, 0.25) is 0 Å². The number of likely N-dealkylation sites (tertiary alicyclic amines) is 1. The molecular formula is C11H23NO. The molecule has 0 radical (unpaired) electrons. The largest absolute Gasteiger partial charge is 0.384 e. The van der Waals surface area contributed by atoms with Crippen LogP contribution in [0.4, 0.5) is 0 Å². The molecule has 2 nitrogen and oxygen atoms in total. The molecule has 0 bridgehead atoms. The minimum atomic E-state index is 0.433. The van der Waals surface area contributed by atoms with Crippen molar-refractivity contribution in [3.8, 4) is 0 Å². The van der Waals surface area contributed by atoms with Crippen molar-refractivity contribution in [2.75, 3.05) is 33.4 Å². The van der Waals surface area contributed by atoms with Gasteiger partial charge in [-0.2, -0.15) is 0 Å². The zero-order valence-electron chi connectivity index (χ0n) is 9.47. The summed E-state index contributed by atoms with van der Waals surface area (Å²) in [5.74, 6) is 0.771. The fourth-order valence-corrected chi connectivity index (χ4v) is 2.10. The Hall–Kier alpha value is -0.0800. The van der Waals surface area contributed by atoms with Crippen LogP contribution in [0.15, 0.2) is 0 Å². The van der Waals surface area contributed by atoms with Crippen LogP contribution in [0.5, 0.6) is 0 Å². The third-order valence-corrected chi connectivity index (χ3v) is 2.47. The number of nitrogens with zero attached hydrogens (tertiary/aromatic N) is 1. The van der Waals surface area contributed by atoms with Crippen molar-refractivity contribution >= 4 is 0 Å². The predicted molar refractivity (Wildman–Crippen MR) is 55.9 cm³/mol. The van der Waals surface area contributed by atoms with Crippen molar-refractivity contribution in [1.82, 2.24) is 4.90 Å². The molecule has 0 aromatic heterocycles. The first-order chi connectivity index (χ1) is 6.01. The van der Waals surface area contributed by atoms with Gasteiger partial charge in [0.25, 0.3) is 0 Å². The zero-order chi connectivity index (χ0) is 9.90. The van der Waals surface area contributed by atoms with Gasteiger partial charge in [0.15, 0.2) is 0 Å². The summed E-state index contributed by atoms with van der Waals surface area (Å²) in [5, 5.41) is 0. The summed E-state index contributed by atoms with van der Waals surface area (Å²) in [6.07, 6.45) is 1.31. The Morgan fingerprint density at radius 2 is 2.08 bits per heavy atom. The summed E-state index contributed by atoms with van der Waals surface area (Å²) in [6.45, 7) is 11.5. The molecule has 78 valence electrons. The van der Waals surface area contributed by atoms with Gasteiger partial charge >= 0.3 is 0 Å². The summed E-state index contributed by atoms with van der Waals surface area (Å²) < 4.78 is 5.18. The van der Waals surface area contributed by atoms with Gasteiger partial charge in [-0.15, -0.1) is 0 Å². The first-order valence-corrected chi connectivity index (χ1v) is 5.22. The molecule has 0 amide bonds. The Labute approximate surface area is 82.3 Å². The van der Waals surface area contributed by atoms with E-state index in [0.29, 0.717) is 5.41 Å². The van der Waals surface area contributed by atoms with Gasteiger partial charge < -0.3 is 9.64 Å². The van der Waals surface area contributed by atoms with Crippen molar-refractivity contribution in [3.05, 3.63) is 0 Å². The minimum absolute atomic E-state index is 0.433. The van der Waals surface area contributed by atoms with E-state index >= 15 is 0 Å². The van der Waals surface area contributed by atoms with Crippen LogP contribution in [0, 0.1) is 11.3 Å². The fourth-order valence-electron chi connectivity index (χ4n) is 2.10. The molecule has 0 spiro atoms. The quantitative estimate of drug-likeness (QED) is 0.667. The van der Waals surface area contributed by atoms with Gasteiger partial charge in [-0.1, -0.05) is 20.8 Å². The maximum atomic E-state index is 5.18. The van der Waals surface area contributed by atoms with E-state index in [0.717, 1.165) is 12.5 Å². The third-order valence-electron chi connectivity index (χ3n) is 2.47. The molecular weight excluding hydrogens is 162 g/mol. The van der Waals surface area contributed by atoms with E-state index in [-0.39, 0.29) is 0 Å². The Balaban J connectivity index is 2.25. The molecule has 1 aliphatic heterocycles. The summed E-state index contributed by atoms with van der Waals surface area (Å²) in [7, 11) is 1.80. The summed E-state index contributed by atoms with van der Waals surface area (Å²) in [4.78, 5) is 2.56. The van der Waals surface area contributed by atoms with E-state index in [1.165, 1.54) is 26.1 Å². The Morgan fingerprint density at radius 1 is 1.38 bits per heavy atom. The molecule has 1 rings (SSSR count). The molecule has 13 heavy (non-hydrogen) atoms. The van der Waals surface area contributed by atoms with Gasteiger partial charge in [0.1, 0.15) is 0 Å². The first kappa shape index (κ1) is 11.0. The minimum Gasteiger partial charge on any atom is -0.384 e. The lowest BCUT2D eigenvalue weighted by molar-refractivity contribution is 0.147. The zero-order valence-corrected chi connectivity index (χ0v) is 9.47. The molecule has 1 saturated heterocycles. The van der Waals surface area contributed by atoms with Crippen LogP contribution < -0.4 is 0 Å². The van der Waals surface area contributed by atoms with Gasteiger partial charge in [-0.25, -0.2) is 0 Å². The van der Waals surface area contributed by atoms with Crippen molar-refractivity contribution in [2.24, 2.45) is 11.3 Å². The highest BCUT2D eigenvalue weighted by Gasteiger charge is 2.25. The Morgan fingerprint density at radius 3 is 2.62 bits per heavy atom. The number of hydrogen-bond donors (Lipinski definition) is 0. The fraction of sp³-hybridized carbons (Fsp3) is 1.00. The van der Waals surface area contributed by atoms with Crippen molar-refractivity contribution in [2.45, 2.75) is 27.2 Å². The van der Waals surface area contributed by atoms with Gasteiger partial charge in [0, 0.05) is 20.2 Å². The lowest BCUT2D eigenvalue weighted by atomic mass is 9.96. The van der Waals surface area contributed by atoms with Gasteiger partial charge in [-0.05, 0) is 24.3 Å². The SMILES string of the molecule is COC[C@@H]1CCN(CC(C)(C)C)C1. The van der Waals surface area contributed by atoms with Crippen molar-refractivity contribution in [1.29, 1.82) is 0 Å². The molecule has 0 unspecified atom stereocenters. The van der Waals surface area contributed by atoms with E-state index in [9.17, 15) is 0 Å². The summed E-state index contributed by atoms with van der Waals surface area (Å²) in [5.41, 5.74) is 0.433. The maximum Gasteiger partial charge on any atom is 0.0503 e. The summed E-state index contributed by atoms with van der Waals surface area (Å²) in [6, 6.07) is 0. The highest BCUT2D eigenvalue weighted by molar-refractivity contribution is 4.78. The Kier molecular flexibility index (Phi) is 3.74. The standard InChI is InChI=1S/C11H23NO/c1-11(2,3)9-12-6-5-10(7-12)8-13-4/h10H,5-9H2,1-4H3/t10-/m1/s1. The van der Waals surface area contributed by atoms with Crippen molar-refractivity contribution < 1.29 is 4.74 Å². The van der Waals surface area contributed by atoms with Gasteiger partial charge in [0.2, 0.25) is 0 Å². The number of ether oxygens (including phenoxy) is 1. The molecule has 0 aliphatic carbocycles. The lowest BCUT2D eigenvalue weighted by Crippen LogP contribution is -2.31. The van der Waals surface area contributed by atoms with E-state index in [4.69, 9.17) is 4.74 Å². The number of hydrogen-bond acceptors (Lipinski definition) is 2. The van der Waals surface area contributed by atoms with E-state index in [2.05, 4.69) is 25.7 Å². The average Bonchev–Trinajstić information content (AvgIpc) is 2.33. The summed E-state index contributed by atoms with van der Waals surface area (Å²) >= 11 is 0. The van der Waals surface area contributed by atoms with Crippen LogP contribution in [-0.4, -0.2) is 38.3 Å². The van der Waals surface area contributed by atoms with Crippen LogP contribution >= 0.6 is 0 Å². The topological polar surface area (TPSA) is 12.5 Å². The first-order valence-electron chi connectivity index (χ1n) is 5.22. The van der Waals surface area contributed by atoms with Crippen LogP contribution in [0.25, 0.3) is 0 Å². The highest BCUT2D eigenvalue weighted by atomic mass is 16.5. The van der Waals surface area contributed by atoms with Crippen LogP contribution in [0.3, 0.4) is 0 Å². The molecule has 1 fully saturated rings. The second kappa shape index (κ2) is 4.43. The lowest BCUT2D eigenvalue weighted by Gasteiger charge is -2.26. The Bertz CT molecular complexity index is 151. The molecule has 2 heteroatoms.